The van der Waals surface area contributed by atoms with Gasteiger partial charge in [-0.15, -0.1) is 11.8 Å². The zero-order chi connectivity index (χ0) is 7.11. The monoisotopic (exact) mass is 124 g/mol. The third kappa shape index (κ3) is 4.09. The fraction of sp³-hybridized carbons (Fsp3) is 0.778. The van der Waals surface area contributed by atoms with E-state index in [-0.39, 0.29) is 0 Å². The molecule has 0 aromatic heterocycles. The van der Waals surface area contributed by atoms with Crippen LogP contribution in [0.1, 0.15) is 40.0 Å². The lowest BCUT2D eigenvalue weighted by atomic mass is 10.0. The molecule has 0 unspecified atom stereocenters. The molecule has 0 radical (unpaired) electrons. The second-order valence-corrected chi connectivity index (χ2v) is 2.29. The molecule has 52 valence electrons. The molecule has 1 atom stereocenters. The van der Waals surface area contributed by atoms with Gasteiger partial charge in [-0.1, -0.05) is 20.3 Å². The lowest BCUT2D eigenvalue weighted by Gasteiger charge is -2.02. The Morgan fingerprint density at radius 2 is 2.00 bits per heavy atom. The highest BCUT2D eigenvalue weighted by molar-refractivity contribution is 5.00. The predicted octanol–water partition coefficient (Wildman–Crippen LogP) is 2.84. The third-order valence-electron chi connectivity index (χ3n) is 1.48. The van der Waals surface area contributed by atoms with E-state index in [9.17, 15) is 0 Å². The van der Waals surface area contributed by atoms with Gasteiger partial charge in [0.15, 0.2) is 0 Å². The van der Waals surface area contributed by atoms with Gasteiger partial charge >= 0.3 is 0 Å². The molecule has 0 aromatic carbocycles. The van der Waals surface area contributed by atoms with Crippen molar-refractivity contribution in [1.82, 2.24) is 0 Å². The van der Waals surface area contributed by atoms with Gasteiger partial charge in [-0.3, -0.25) is 0 Å². The first kappa shape index (κ1) is 8.56. The SMILES string of the molecule is CC#C[C@H](CC)CCC. The molecule has 0 saturated carbocycles. The molecule has 0 nitrogen and oxygen atoms in total. The van der Waals surface area contributed by atoms with Crippen LogP contribution in [0.25, 0.3) is 0 Å². The molecule has 0 heteroatoms. The first-order valence-corrected chi connectivity index (χ1v) is 3.77. The van der Waals surface area contributed by atoms with Crippen molar-refractivity contribution < 1.29 is 0 Å². The Balaban J connectivity index is 3.50. The largest absolute Gasteiger partial charge is 0.106 e. The second kappa shape index (κ2) is 5.69. The van der Waals surface area contributed by atoms with Crippen LogP contribution in [0.5, 0.6) is 0 Å². The minimum absolute atomic E-state index is 0.653. The van der Waals surface area contributed by atoms with Crippen molar-refractivity contribution in [3.63, 3.8) is 0 Å². The van der Waals surface area contributed by atoms with Crippen molar-refractivity contribution in [2.24, 2.45) is 5.92 Å². The average molecular weight is 124 g/mol. The average Bonchev–Trinajstić information content (AvgIpc) is 1.88. The van der Waals surface area contributed by atoms with Gasteiger partial charge in [0.2, 0.25) is 0 Å². The van der Waals surface area contributed by atoms with Crippen molar-refractivity contribution >= 4 is 0 Å². The van der Waals surface area contributed by atoms with Gasteiger partial charge in [0, 0.05) is 5.92 Å². The normalized spacial score (nSPS) is 11.9. The number of hydrogen-bond acceptors (Lipinski definition) is 0. The van der Waals surface area contributed by atoms with Crippen molar-refractivity contribution in [2.45, 2.75) is 40.0 Å². The Hall–Kier alpha value is -0.440. The van der Waals surface area contributed by atoms with E-state index in [2.05, 4.69) is 25.7 Å². The number of rotatable bonds is 3. The summed E-state index contributed by atoms with van der Waals surface area (Å²) in [6.45, 7) is 6.32. The molecule has 9 heavy (non-hydrogen) atoms. The maximum atomic E-state index is 3.18. The highest BCUT2D eigenvalue weighted by Gasteiger charge is 1.97. The minimum Gasteiger partial charge on any atom is -0.106 e. The molecule has 0 aliphatic rings. The smallest absolute Gasteiger partial charge is 0.0200 e. The summed E-state index contributed by atoms with van der Waals surface area (Å²) < 4.78 is 0. The van der Waals surface area contributed by atoms with E-state index in [4.69, 9.17) is 0 Å². The summed E-state index contributed by atoms with van der Waals surface area (Å²) in [5.41, 5.74) is 0. The molecule has 0 N–H and O–H groups in total. The Morgan fingerprint density at radius 3 is 2.33 bits per heavy atom. The van der Waals surface area contributed by atoms with E-state index in [1.165, 1.54) is 19.3 Å². The maximum Gasteiger partial charge on any atom is 0.0200 e. The van der Waals surface area contributed by atoms with Gasteiger partial charge in [-0.25, -0.2) is 0 Å². The molecule has 0 spiro atoms. The van der Waals surface area contributed by atoms with Crippen molar-refractivity contribution in [2.75, 3.05) is 0 Å². The fourth-order valence-corrected chi connectivity index (χ4v) is 0.931. The molecule has 0 aliphatic carbocycles. The lowest BCUT2D eigenvalue weighted by Crippen LogP contribution is -1.92. The van der Waals surface area contributed by atoms with E-state index >= 15 is 0 Å². The van der Waals surface area contributed by atoms with Crippen molar-refractivity contribution in [1.29, 1.82) is 0 Å². The molecule has 0 fully saturated rings. The van der Waals surface area contributed by atoms with E-state index in [1.807, 2.05) is 6.92 Å². The van der Waals surface area contributed by atoms with E-state index < -0.39 is 0 Å². The number of hydrogen-bond donors (Lipinski definition) is 0. The summed E-state index contributed by atoms with van der Waals surface area (Å²) in [6, 6.07) is 0. The van der Waals surface area contributed by atoms with Crippen LogP contribution < -0.4 is 0 Å². The summed E-state index contributed by atoms with van der Waals surface area (Å²) in [4.78, 5) is 0. The van der Waals surface area contributed by atoms with Crippen LogP contribution in [0.2, 0.25) is 0 Å². The zero-order valence-corrected chi connectivity index (χ0v) is 6.70. The van der Waals surface area contributed by atoms with E-state index in [1.54, 1.807) is 0 Å². The zero-order valence-electron chi connectivity index (χ0n) is 6.70. The van der Waals surface area contributed by atoms with Gasteiger partial charge in [0.05, 0.1) is 0 Å². The predicted molar refractivity (Wildman–Crippen MR) is 42.1 cm³/mol. The summed E-state index contributed by atoms with van der Waals surface area (Å²) in [5.74, 6) is 6.79. The highest BCUT2D eigenvalue weighted by atomic mass is 14.0. The standard InChI is InChI=1S/C9H16/c1-4-7-9(6-3)8-5-2/h9H,4,6-7H2,1-3H3/t9-/m1/s1. The summed E-state index contributed by atoms with van der Waals surface area (Å²) in [7, 11) is 0. The highest BCUT2D eigenvalue weighted by Crippen LogP contribution is 2.08. The first-order valence-electron chi connectivity index (χ1n) is 3.77. The quantitative estimate of drug-likeness (QED) is 0.507. The molecule has 0 amide bonds. The molecular weight excluding hydrogens is 108 g/mol. The maximum absolute atomic E-state index is 3.18. The Labute approximate surface area is 58.7 Å². The molecule has 0 bridgehead atoms. The Kier molecular flexibility index (Phi) is 5.41. The van der Waals surface area contributed by atoms with Crippen LogP contribution in [0.4, 0.5) is 0 Å². The van der Waals surface area contributed by atoms with Crippen LogP contribution in [-0.4, -0.2) is 0 Å². The molecule has 0 aromatic rings. The minimum atomic E-state index is 0.653. The van der Waals surface area contributed by atoms with E-state index in [0.29, 0.717) is 5.92 Å². The van der Waals surface area contributed by atoms with Crippen molar-refractivity contribution in [3.05, 3.63) is 0 Å². The third-order valence-corrected chi connectivity index (χ3v) is 1.48. The molecule has 0 heterocycles. The van der Waals surface area contributed by atoms with Crippen LogP contribution >= 0.6 is 0 Å². The van der Waals surface area contributed by atoms with Gasteiger partial charge < -0.3 is 0 Å². The second-order valence-electron chi connectivity index (χ2n) is 2.29. The van der Waals surface area contributed by atoms with Crippen LogP contribution in [0, 0.1) is 17.8 Å². The molecule has 0 rings (SSSR count). The summed E-state index contributed by atoms with van der Waals surface area (Å²) in [5, 5.41) is 0. The van der Waals surface area contributed by atoms with Crippen LogP contribution in [0.15, 0.2) is 0 Å². The molecule has 0 aliphatic heterocycles. The summed E-state index contributed by atoms with van der Waals surface area (Å²) in [6.07, 6.45) is 3.72. The van der Waals surface area contributed by atoms with Gasteiger partial charge in [-0.2, -0.15) is 0 Å². The van der Waals surface area contributed by atoms with Crippen LogP contribution in [0.3, 0.4) is 0 Å². The summed E-state index contributed by atoms with van der Waals surface area (Å²) >= 11 is 0. The Morgan fingerprint density at radius 1 is 1.33 bits per heavy atom. The molecule has 0 saturated heterocycles. The fourth-order valence-electron chi connectivity index (χ4n) is 0.931. The topological polar surface area (TPSA) is 0 Å². The van der Waals surface area contributed by atoms with Gasteiger partial charge in [0.1, 0.15) is 0 Å². The first-order chi connectivity index (χ1) is 4.35. The lowest BCUT2D eigenvalue weighted by molar-refractivity contribution is 0.581. The van der Waals surface area contributed by atoms with E-state index in [0.717, 1.165) is 0 Å². The molecular formula is C9H16. The van der Waals surface area contributed by atoms with Crippen LogP contribution in [-0.2, 0) is 0 Å². The van der Waals surface area contributed by atoms with Crippen molar-refractivity contribution in [3.8, 4) is 11.8 Å². The van der Waals surface area contributed by atoms with Gasteiger partial charge in [0.25, 0.3) is 0 Å². The Bertz CT molecular complexity index is 103. The van der Waals surface area contributed by atoms with Gasteiger partial charge in [-0.05, 0) is 19.8 Å².